The second-order valence-electron chi connectivity index (χ2n) is 6.21. The number of nitrogens with zero attached hydrogens (tertiary/aromatic N) is 4. The van der Waals surface area contributed by atoms with Crippen molar-refractivity contribution in [2.24, 2.45) is 5.10 Å². The zero-order valence-electron chi connectivity index (χ0n) is 15.9. The van der Waals surface area contributed by atoms with Crippen LogP contribution < -0.4 is 14.9 Å². The van der Waals surface area contributed by atoms with Gasteiger partial charge in [-0.15, -0.1) is 0 Å². The standard InChI is InChI=1S/C21H20N4O4/c1-14-11-19(24-21(23-14)17-5-3-4-6-18(17)26)25(2)22-12-15-7-9-16(10-8-15)29-13-20(27)28/h3-12,26H,13H2,1-2H3,(H,27,28)/p-1/b22-12-. The number of anilines is 1. The van der Waals surface area contributed by atoms with Gasteiger partial charge in [0.2, 0.25) is 0 Å². The highest BCUT2D eigenvalue weighted by Gasteiger charge is 2.11. The second kappa shape index (κ2) is 8.83. The number of rotatable bonds is 7. The van der Waals surface area contributed by atoms with Crippen molar-refractivity contribution in [3.05, 3.63) is 65.9 Å². The van der Waals surface area contributed by atoms with Crippen molar-refractivity contribution < 1.29 is 19.7 Å². The van der Waals surface area contributed by atoms with E-state index in [-0.39, 0.29) is 5.75 Å². The van der Waals surface area contributed by atoms with Gasteiger partial charge in [0, 0.05) is 18.8 Å². The molecule has 2 aromatic carbocycles. The average Bonchev–Trinajstić information content (AvgIpc) is 2.71. The summed E-state index contributed by atoms with van der Waals surface area (Å²) in [6.45, 7) is 1.35. The maximum absolute atomic E-state index is 10.4. The number of aromatic hydroxyl groups is 1. The van der Waals surface area contributed by atoms with Crippen LogP contribution in [-0.4, -0.2) is 40.9 Å². The lowest BCUT2D eigenvalue weighted by Crippen LogP contribution is -2.28. The monoisotopic (exact) mass is 391 g/mol. The molecule has 0 atom stereocenters. The molecule has 8 nitrogen and oxygen atoms in total. The Balaban J connectivity index is 1.76. The van der Waals surface area contributed by atoms with E-state index in [1.54, 1.807) is 66.8 Å². The SMILES string of the molecule is Cc1cc(N(C)/N=C\c2ccc(OCC(=O)[O-])cc2)nc(-c2ccccc2O)n1. The van der Waals surface area contributed by atoms with Crippen molar-refractivity contribution >= 4 is 18.0 Å². The van der Waals surface area contributed by atoms with Gasteiger partial charge in [0.15, 0.2) is 11.6 Å². The van der Waals surface area contributed by atoms with E-state index in [1.807, 2.05) is 13.0 Å². The van der Waals surface area contributed by atoms with Crippen LogP contribution in [-0.2, 0) is 4.79 Å². The number of carboxylic acids is 1. The molecule has 0 amide bonds. The van der Waals surface area contributed by atoms with Gasteiger partial charge in [-0.2, -0.15) is 5.10 Å². The summed E-state index contributed by atoms with van der Waals surface area (Å²) in [7, 11) is 1.75. The van der Waals surface area contributed by atoms with Gasteiger partial charge in [-0.25, -0.2) is 9.97 Å². The van der Waals surface area contributed by atoms with Crippen LogP contribution in [0.1, 0.15) is 11.3 Å². The molecular formula is C21H19N4O4-. The molecule has 29 heavy (non-hydrogen) atoms. The second-order valence-corrected chi connectivity index (χ2v) is 6.21. The first-order chi connectivity index (χ1) is 13.9. The number of carbonyl (C=O) groups is 1. The van der Waals surface area contributed by atoms with E-state index in [0.29, 0.717) is 23.0 Å². The number of aliphatic carboxylic acids is 1. The zero-order valence-corrected chi connectivity index (χ0v) is 15.9. The van der Waals surface area contributed by atoms with Crippen molar-refractivity contribution in [1.82, 2.24) is 9.97 Å². The van der Waals surface area contributed by atoms with Crippen molar-refractivity contribution in [2.75, 3.05) is 18.7 Å². The molecule has 3 rings (SSSR count). The molecule has 0 unspecified atom stereocenters. The quantitative estimate of drug-likeness (QED) is 0.482. The number of aromatic nitrogens is 2. The third-order valence-corrected chi connectivity index (χ3v) is 3.93. The molecule has 0 bridgehead atoms. The maximum Gasteiger partial charge on any atom is 0.165 e. The lowest BCUT2D eigenvalue weighted by molar-refractivity contribution is -0.307. The van der Waals surface area contributed by atoms with E-state index in [9.17, 15) is 15.0 Å². The summed E-state index contributed by atoms with van der Waals surface area (Å²) in [5, 5.41) is 26.5. The van der Waals surface area contributed by atoms with Crippen molar-refractivity contribution in [1.29, 1.82) is 0 Å². The van der Waals surface area contributed by atoms with Gasteiger partial charge in [0.25, 0.3) is 0 Å². The molecule has 0 aliphatic carbocycles. The Labute approximate surface area is 167 Å². The fourth-order valence-electron chi connectivity index (χ4n) is 2.51. The van der Waals surface area contributed by atoms with Crippen LogP contribution in [0.5, 0.6) is 11.5 Å². The van der Waals surface area contributed by atoms with Gasteiger partial charge >= 0.3 is 0 Å². The number of phenols is 1. The fourth-order valence-corrected chi connectivity index (χ4v) is 2.51. The first kappa shape index (κ1) is 19.8. The Morgan fingerprint density at radius 2 is 1.93 bits per heavy atom. The van der Waals surface area contributed by atoms with Crippen LogP contribution in [0.4, 0.5) is 5.82 Å². The lowest BCUT2D eigenvalue weighted by Gasteiger charge is -2.14. The third kappa shape index (κ3) is 5.29. The number of ether oxygens (including phenoxy) is 1. The highest BCUT2D eigenvalue weighted by atomic mass is 16.5. The van der Waals surface area contributed by atoms with E-state index in [2.05, 4.69) is 15.1 Å². The lowest BCUT2D eigenvalue weighted by atomic mass is 10.2. The van der Waals surface area contributed by atoms with Crippen LogP contribution in [0.15, 0.2) is 59.7 Å². The molecule has 0 saturated carbocycles. The molecule has 0 fully saturated rings. The van der Waals surface area contributed by atoms with Gasteiger partial charge < -0.3 is 19.7 Å². The van der Waals surface area contributed by atoms with Crippen LogP contribution >= 0.6 is 0 Å². The third-order valence-electron chi connectivity index (χ3n) is 3.93. The van der Waals surface area contributed by atoms with Crippen LogP contribution in [0, 0.1) is 6.92 Å². The van der Waals surface area contributed by atoms with Gasteiger partial charge in [0.1, 0.15) is 18.1 Å². The summed E-state index contributed by atoms with van der Waals surface area (Å²) in [4.78, 5) is 19.3. The number of carbonyl (C=O) groups excluding carboxylic acids is 1. The molecule has 0 spiro atoms. The minimum atomic E-state index is -1.28. The van der Waals surface area contributed by atoms with Crippen LogP contribution in [0.2, 0.25) is 0 Å². The molecule has 148 valence electrons. The number of hydrogen-bond acceptors (Lipinski definition) is 8. The summed E-state index contributed by atoms with van der Waals surface area (Å²) in [5.41, 5.74) is 2.08. The van der Waals surface area contributed by atoms with Gasteiger partial charge in [-0.3, -0.25) is 5.01 Å². The van der Waals surface area contributed by atoms with E-state index in [1.165, 1.54) is 0 Å². The summed E-state index contributed by atoms with van der Waals surface area (Å²) < 4.78 is 5.04. The Hall–Kier alpha value is -3.94. The Morgan fingerprint density at radius 1 is 1.21 bits per heavy atom. The topological polar surface area (TPSA) is 111 Å². The minimum absolute atomic E-state index is 0.108. The maximum atomic E-state index is 10.4. The molecule has 1 aromatic heterocycles. The van der Waals surface area contributed by atoms with Gasteiger partial charge in [-0.1, -0.05) is 12.1 Å². The number of para-hydroxylation sites is 1. The summed E-state index contributed by atoms with van der Waals surface area (Å²) in [5.74, 6) is 0.241. The minimum Gasteiger partial charge on any atom is -0.546 e. The normalized spacial score (nSPS) is 10.8. The average molecular weight is 391 g/mol. The molecular weight excluding hydrogens is 372 g/mol. The first-order valence-electron chi connectivity index (χ1n) is 8.77. The fraction of sp³-hybridized carbons (Fsp3) is 0.143. The Kier molecular flexibility index (Phi) is 6.03. The number of carboxylic acid groups (broad SMARTS) is 1. The molecule has 8 heteroatoms. The van der Waals surface area contributed by atoms with Gasteiger partial charge in [0.05, 0.1) is 17.7 Å². The Morgan fingerprint density at radius 3 is 2.62 bits per heavy atom. The van der Waals surface area contributed by atoms with Crippen LogP contribution in [0.3, 0.4) is 0 Å². The summed E-state index contributed by atoms with van der Waals surface area (Å²) in [6, 6.07) is 15.5. The number of hydrogen-bond donors (Lipinski definition) is 1. The molecule has 0 aliphatic rings. The molecule has 3 aromatic rings. The highest BCUT2D eigenvalue weighted by Crippen LogP contribution is 2.27. The molecule has 1 N–H and O–H groups in total. The number of phenolic OH excluding ortho intramolecular Hbond substituents is 1. The number of benzene rings is 2. The molecule has 0 aliphatic heterocycles. The van der Waals surface area contributed by atoms with Gasteiger partial charge in [-0.05, 0) is 48.9 Å². The first-order valence-corrected chi connectivity index (χ1v) is 8.77. The van der Waals surface area contributed by atoms with E-state index in [4.69, 9.17) is 4.74 Å². The highest BCUT2D eigenvalue weighted by molar-refractivity contribution is 5.80. The predicted octanol–water partition coefficient (Wildman–Crippen LogP) is 1.76. The van der Waals surface area contributed by atoms with E-state index < -0.39 is 12.6 Å². The summed E-state index contributed by atoms with van der Waals surface area (Å²) >= 11 is 0. The molecule has 0 radical (unpaired) electrons. The predicted molar refractivity (Wildman–Crippen MR) is 107 cm³/mol. The molecule has 1 heterocycles. The smallest absolute Gasteiger partial charge is 0.165 e. The Bertz CT molecular complexity index is 1040. The molecule has 0 saturated heterocycles. The number of hydrazone groups is 1. The van der Waals surface area contributed by atoms with E-state index >= 15 is 0 Å². The van der Waals surface area contributed by atoms with Crippen molar-refractivity contribution in [3.8, 4) is 22.9 Å². The van der Waals surface area contributed by atoms with Crippen molar-refractivity contribution in [2.45, 2.75) is 6.92 Å². The number of aryl methyl sites for hydroxylation is 1. The summed E-state index contributed by atoms with van der Waals surface area (Å²) in [6.07, 6.45) is 1.64. The largest absolute Gasteiger partial charge is 0.546 e. The van der Waals surface area contributed by atoms with Crippen LogP contribution in [0.25, 0.3) is 11.4 Å². The van der Waals surface area contributed by atoms with Crippen molar-refractivity contribution in [3.63, 3.8) is 0 Å². The zero-order chi connectivity index (χ0) is 20.8. The van der Waals surface area contributed by atoms with E-state index in [0.717, 1.165) is 11.3 Å².